The molecular weight excluding hydrogens is 216 g/mol. The Kier molecular flexibility index (Phi) is 2.07. The number of hydrogen-bond acceptors (Lipinski definition) is 4. The molecule has 0 saturated carbocycles. The van der Waals surface area contributed by atoms with Gasteiger partial charge in [0.1, 0.15) is 6.33 Å². The highest BCUT2D eigenvalue weighted by Crippen LogP contribution is 2.17. The number of benzene rings is 1. The van der Waals surface area contributed by atoms with Gasteiger partial charge in [0.2, 0.25) is 5.95 Å². The summed E-state index contributed by atoms with van der Waals surface area (Å²) >= 11 is 0. The minimum Gasteiger partial charge on any atom is -0.367 e. The number of anilines is 1. The minimum atomic E-state index is 0.283. The van der Waals surface area contributed by atoms with Crippen molar-refractivity contribution in [2.24, 2.45) is 7.05 Å². The quantitative estimate of drug-likeness (QED) is 0.703. The predicted octanol–water partition coefficient (Wildman–Crippen LogP) is 0.795. The second-order valence-corrected chi connectivity index (χ2v) is 3.89. The van der Waals surface area contributed by atoms with Gasteiger partial charge in [-0.15, -0.1) is 5.10 Å². The van der Waals surface area contributed by atoms with E-state index in [1.54, 1.807) is 11.0 Å². The molecule has 3 aromatic rings. The third-order valence-corrected chi connectivity index (χ3v) is 2.70. The summed E-state index contributed by atoms with van der Waals surface area (Å²) in [7, 11) is 1.93. The lowest BCUT2D eigenvalue weighted by Gasteiger charge is -1.96. The van der Waals surface area contributed by atoms with Crippen LogP contribution >= 0.6 is 0 Å². The summed E-state index contributed by atoms with van der Waals surface area (Å²) in [5.41, 5.74) is 7.55. The number of nitrogens with zero attached hydrogens (tertiary/aromatic N) is 5. The standard InChI is InChI=1S/C11H12N6/c1-16-10-5-3-2-4-8(10)9(14-16)6-17-7-13-11(12)15-17/h2-5,7H,6H2,1H3,(H2,12,15). The third-order valence-electron chi connectivity index (χ3n) is 2.70. The van der Waals surface area contributed by atoms with Crippen molar-refractivity contribution in [1.82, 2.24) is 24.5 Å². The van der Waals surface area contributed by atoms with Crippen LogP contribution in [0.25, 0.3) is 10.9 Å². The Balaban J connectivity index is 2.06. The number of aryl methyl sites for hydroxylation is 1. The van der Waals surface area contributed by atoms with Crippen molar-refractivity contribution >= 4 is 16.9 Å². The minimum absolute atomic E-state index is 0.283. The molecule has 2 heterocycles. The summed E-state index contributed by atoms with van der Waals surface area (Å²) in [5.74, 6) is 0.283. The van der Waals surface area contributed by atoms with Gasteiger partial charge in [-0.2, -0.15) is 5.10 Å². The molecule has 3 rings (SSSR count). The first-order valence-corrected chi connectivity index (χ1v) is 5.29. The van der Waals surface area contributed by atoms with E-state index in [1.165, 1.54) is 0 Å². The fourth-order valence-corrected chi connectivity index (χ4v) is 1.94. The van der Waals surface area contributed by atoms with Crippen molar-refractivity contribution < 1.29 is 0 Å². The molecule has 0 aliphatic rings. The largest absolute Gasteiger partial charge is 0.367 e. The Bertz CT molecular complexity index is 665. The Morgan fingerprint density at radius 2 is 2.06 bits per heavy atom. The molecule has 0 spiro atoms. The van der Waals surface area contributed by atoms with E-state index >= 15 is 0 Å². The molecule has 0 saturated heterocycles. The molecular formula is C11H12N6. The monoisotopic (exact) mass is 228 g/mol. The number of aromatic nitrogens is 5. The number of fused-ring (bicyclic) bond motifs is 1. The molecule has 0 aliphatic carbocycles. The van der Waals surface area contributed by atoms with E-state index in [2.05, 4.69) is 21.2 Å². The van der Waals surface area contributed by atoms with Crippen molar-refractivity contribution in [3.63, 3.8) is 0 Å². The van der Waals surface area contributed by atoms with Crippen molar-refractivity contribution in [2.45, 2.75) is 6.54 Å². The van der Waals surface area contributed by atoms with Crippen LogP contribution in [0, 0.1) is 0 Å². The molecule has 17 heavy (non-hydrogen) atoms. The fraction of sp³-hybridized carbons (Fsp3) is 0.182. The van der Waals surface area contributed by atoms with Gasteiger partial charge in [-0.05, 0) is 6.07 Å². The lowest BCUT2D eigenvalue weighted by Crippen LogP contribution is -2.02. The highest BCUT2D eigenvalue weighted by Gasteiger charge is 2.08. The van der Waals surface area contributed by atoms with Gasteiger partial charge in [-0.3, -0.25) is 4.68 Å². The Morgan fingerprint density at radius 3 is 2.82 bits per heavy atom. The van der Waals surface area contributed by atoms with Crippen LogP contribution in [0.4, 0.5) is 5.95 Å². The molecule has 0 bridgehead atoms. The summed E-state index contributed by atoms with van der Waals surface area (Å²) in [4.78, 5) is 3.89. The fourth-order valence-electron chi connectivity index (χ4n) is 1.94. The number of nitrogen functional groups attached to an aromatic ring is 1. The second kappa shape index (κ2) is 3.58. The first kappa shape index (κ1) is 9.83. The maximum atomic E-state index is 5.48. The zero-order valence-corrected chi connectivity index (χ0v) is 9.41. The number of para-hydroxylation sites is 1. The third kappa shape index (κ3) is 1.63. The van der Waals surface area contributed by atoms with Crippen LogP contribution in [0.15, 0.2) is 30.6 Å². The molecule has 6 heteroatoms. The maximum absolute atomic E-state index is 5.48. The van der Waals surface area contributed by atoms with E-state index in [9.17, 15) is 0 Å². The second-order valence-electron chi connectivity index (χ2n) is 3.89. The van der Waals surface area contributed by atoms with Gasteiger partial charge in [-0.25, -0.2) is 9.67 Å². The molecule has 0 radical (unpaired) electrons. The zero-order valence-electron chi connectivity index (χ0n) is 9.41. The van der Waals surface area contributed by atoms with Gasteiger partial charge in [0.25, 0.3) is 0 Å². The maximum Gasteiger partial charge on any atom is 0.239 e. The molecule has 0 aliphatic heterocycles. The van der Waals surface area contributed by atoms with Gasteiger partial charge in [0.05, 0.1) is 17.8 Å². The molecule has 0 fully saturated rings. The van der Waals surface area contributed by atoms with Crippen molar-refractivity contribution in [3.05, 3.63) is 36.3 Å². The summed E-state index contributed by atoms with van der Waals surface area (Å²) in [6.45, 7) is 0.575. The van der Waals surface area contributed by atoms with Gasteiger partial charge in [0.15, 0.2) is 0 Å². The van der Waals surface area contributed by atoms with Crippen LogP contribution < -0.4 is 5.73 Å². The van der Waals surface area contributed by atoms with Crippen LogP contribution in [-0.2, 0) is 13.6 Å². The van der Waals surface area contributed by atoms with Crippen LogP contribution in [-0.4, -0.2) is 24.5 Å². The smallest absolute Gasteiger partial charge is 0.239 e. The average molecular weight is 228 g/mol. The molecule has 0 atom stereocenters. The topological polar surface area (TPSA) is 74.5 Å². The van der Waals surface area contributed by atoms with Crippen LogP contribution in [0.2, 0.25) is 0 Å². The number of hydrogen-bond donors (Lipinski definition) is 1. The summed E-state index contributed by atoms with van der Waals surface area (Å²) < 4.78 is 3.55. The molecule has 6 nitrogen and oxygen atoms in total. The Labute approximate surface area is 97.7 Å². The SMILES string of the molecule is Cn1nc(Cn2cnc(N)n2)c2ccccc21. The Hall–Kier alpha value is -2.37. The average Bonchev–Trinajstić information content (AvgIpc) is 2.86. The number of rotatable bonds is 2. The first-order chi connectivity index (χ1) is 8.24. The molecule has 0 amide bonds. The summed E-state index contributed by atoms with van der Waals surface area (Å²) in [6, 6.07) is 8.10. The lowest BCUT2D eigenvalue weighted by molar-refractivity contribution is 0.656. The molecule has 86 valence electrons. The molecule has 0 unspecified atom stereocenters. The van der Waals surface area contributed by atoms with Crippen LogP contribution in [0.5, 0.6) is 0 Å². The normalized spacial score (nSPS) is 11.1. The van der Waals surface area contributed by atoms with E-state index in [0.717, 1.165) is 16.6 Å². The van der Waals surface area contributed by atoms with Crippen LogP contribution in [0.3, 0.4) is 0 Å². The van der Waals surface area contributed by atoms with Crippen molar-refractivity contribution in [1.29, 1.82) is 0 Å². The summed E-state index contributed by atoms with van der Waals surface area (Å²) in [5, 5.41) is 9.67. The van der Waals surface area contributed by atoms with E-state index in [0.29, 0.717) is 6.54 Å². The van der Waals surface area contributed by atoms with Gasteiger partial charge >= 0.3 is 0 Å². The van der Waals surface area contributed by atoms with Crippen molar-refractivity contribution in [3.8, 4) is 0 Å². The Morgan fingerprint density at radius 1 is 1.24 bits per heavy atom. The van der Waals surface area contributed by atoms with E-state index in [1.807, 2.05) is 29.9 Å². The van der Waals surface area contributed by atoms with E-state index in [4.69, 9.17) is 5.73 Å². The lowest BCUT2D eigenvalue weighted by atomic mass is 10.2. The van der Waals surface area contributed by atoms with Crippen LogP contribution in [0.1, 0.15) is 5.69 Å². The molecule has 2 N–H and O–H groups in total. The van der Waals surface area contributed by atoms with Gasteiger partial charge in [0, 0.05) is 12.4 Å². The zero-order chi connectivity index (χ0) is 11.8. The highest BCUT2D eigenvalue weighted by molar-refractivity contribution is 5.81. The molecule has 1 aromatic carbocycles. The van der Waals surface area contributed by atoms with E-state index in [-0.39, 0.29) is 5.95 Å². The number of nitrogens with two attached hydrogens (primary N) is 1. The van der Waals surface area contributed by atoms with Gasteiger partial charge < -0.3 is 5.73 Å². The van der Waals surface area contributed by atoms with Crippen molar-refractivity contribution in [2.75, 3.05) is 5.73 Å². The predicted molar refractivity (Wildman–Crippen MR) is 64.3 cm³/mol. The first-order valence-electron chi connectivity index (χ1n) is 5.29. The molecule has 2 aromatic heterocycles. The highest BCUT2D eigenvalue weighted by atomic mass is 15.4. The van der Waals surface area contributed by atoms with E-state index < -0.39 is 0 Å². The summed E-state index contributed by atoms with van der Waals surface area (Å²) in [6.07, 6.45) is 1.61. The van der Waals surface area contributed by atoms with Gasteiger partial charge in [-0.1, -0.05) is 18.2 Å².